The first kappa shape index (κ1) is 25.7. The molecule has 3 aromatic rings. The monoisotopic (exact) mass is 531 g/mol. The number of aromatic nitrogens is 1. The number of amides is 1. The van der Waals surface area contributed by atoms with Gasteiger partial charge in [0.05, 0.1) is 36.2 Å². The predicted molar refractivity (Wildman–Crippen MR) is 146 cm³/mol. The number of carbonyl (C=O) groups excluding carboxylic acids is 2. The molecule has 0 spiro atoms. The third-order valence-corrected chi connectivity index (χ3v) is 7.87. The van der Waals surface area contributed by atoms with E-state index in [-0.39, 0.29) is 23.6 Å². The van der Waals surface area contributed by atoms with Gasteiger partial charge in [-0.1, -0.05) is 61.1 Å². The van der Waals surface area contributed by atoms with Crippen LogP contribution in [0.15, 0.2) is 69.6 Å². The highest BCUT2D eigenvalue weighted by atomic mass is 32.1. The number of methoxy groups -OCH3 is 1. The van der Waals surface area contributed by atoms with E-state index in [0.717, 1.165) is 24.1 Å². The van der Waals surface area contributed by atoms with E-state index in [1.54, 1.807) is 31.9 Å². The zero-order valence-corrected chi connectivity index (χ0v) is 22.6. The number of hydrogen-bond acceptors (Lipinski definition) is 7. The lowest BCUT2D eigenvalue weighted by molar-refractivity contribution is -0.139. The van der Waals surface area contributed by atoms with Crippen molar-refractivity contribution in [2.45, 2.75) is 39.7 Å². The first-order chi connectivity index (χ1) is 18.4. The van der Waals surface area contributed by atoms with Crippen molar-refractivity contribution >= 4 is 34.5 Å². The van der Waals surface area contributed by atoms with E-state index >= 15 is 0 Å². The maximum atomic E-state index is 14.2. The average molecular weight is 532 g/mol. The van der Waals surface area contributed by atoms with Crippen molar-refractivity contribution in [2.24, 2.45) is 4.99 Å². The zero-order valence-electron chi connectivity index (χ0n) is 21.8. The molecule has 1 unspecified atom stereocenters. The number of fused-ring (bicyclic) bond motifs is 2. The molecule has 0 fully saturated rings. The summed E-state index contributed by atoms with van der Waals surface area (Å²) in [5.41, 5.74) is 2.88. The van der Waals surface area contributed by atoms with Crippen LogP contribution in [0.4, 0.5) is 5.69 Å². The Morgan fingerprint density at radius 2 is 1.82 bits per heavy atom. The summed E-state index contributed by atoms with van der Waals surface area (Å²) in [5, 5.41) is 0. The average Bonchev–Trinajstić information content (AvgIpc) is 3.38. The summed E-state index contributed by atoms with van der Waals surface area (Å²) in [6.45, 7) is 6.30. The predicted octanol–water partition coefficient (Wildman–Crippen LogP) is 3.32. The molecule has 1 atom stereocenters. The first-order valence-electron chi connectivity index (χ1n) is 12.7. The van der Waals surface area contributed by atoms with Crippen LogP contribution in [0, 0.1) is 0 Å². The van der Waals surface area contributed by atoms with E-state index in [0.29, 0.717) is 38.5 Å². The van der Waals surface area contributed by atoms with Crippen LogP contribution >= 0.6 is 11.3 Å². The van der Waals surface area contributed by atoms with Gasteiger partial charge in [-0.15, -0.1) is 0 Å². The fourth-order valence-electron chi connectivity index (χ4n) is 5.07. The highest BCUT2D eigenvalue weighted by molar-refractivity contribution is 7.07. The van der Waals surface area contributed by atoms with Gasteiger partial charge >= 0.3 is 5.97 Å². The quantitative estimate of drug-likeness (QED) is 0.437. The lowest BCUT2D eigenvalue weighted by Gasteiger charge is -2.25. The SMILES string of the molecule is CCCCN1C(=O)C(=c2sc3n(c2=O)C(c2ccccc2OC)C(C(=O)OCC)=C(C)N=3)c2ccccc21. The molecule has 0 saturated heterocycles. The molecule has 38 heavy (non-hydrogen) atoms. The summed E-state index contributed by atoms with van der Waals surface area (Å²) in [6, 6.07) is 14.0. The Morgan fingerprint density at radius 3 is 2.55 bits per heavy atom. The molecule has 0 saturated carbocycles. The van der Waals surface area contributed by atoms with Crippen molar-refractivity contribution in [3.05, 3.63) is 90.6 Å². The van der Waals surface area contributed by atoms with Gasteiger partial charge in [0, 0.05) is 17.7 Å². The molecule has 5 rings (SSSR count). The number of allylic oxidation sites excluding steroid dienone is 1. The van der Waals surface area contributed by atoms with Crippen LogP contribution in [0.25, 0.3) is 5.57 Å². The second-order valence-corrected chi connectivity index (χ2v) is 10.0. The molecule has 196 valence electrons. The van der Waals surface area contributed by atoms with E-state index in [9.17, 15) is 14.4 Å². The number of anilines is 1. The lowest BCUT2D eigenvalue weighted by atomic mass is 9.95. The molecule has 2 aromatic carbocycles. The molecule has 0 radical (unpaired) electrons. The molecule has 0 N–H and O–H groups in total. The van der Waals surface area contributed by atoms with E-state index < -0.39 is 12.0 Å². The number of thiazole rings is 1. The van der Waals surface area contributed by atoms with E-state index in [2.05, 4.69) is 11.9 Å². The topological polar surface area (TPSA) is 90.2 Å². The van der Waals surface area contributed by atoms with Crippen LogP contribution < -0.4 is 24.5 Å². The molecule has 2 aliphatic rings. The van der Waals surface area contributed by atoms with Gasteiger partial charge in [0.1, 0.15) is 16.3 Å². The molecule has 1 aromatic heterocycles. The molecular formula is C29H29N3O5S. The Kier molecular flexibility index (Phi) is 7.03. The highest BCUT2D eigenvalue weighted by Crippen LogP contribution is 2.37. The van der Waals surface area contributed by atoms with Gasteiger partial charge in [-0.2, -0.15) is 0 Å². The zero-order chi connectivity index (χ0) is 27.0. The Labute approximate surface area is 224 Å². The van der Waals surface area contributed by atoms with Gasteiger partial charge in [-0.3, -0.25) is 14.2 Å². The van der Waals surface area contributed by atoms with Gasteiger partial charge < -0.3 is 14.4 Å². The third-order valence-electron chi connectivity index (χ3n) is 6.81. The maximum Gasteiger partial charge on any atom is 0.338 e. The van der Waals surface area contributed by atoms with Crippen LogP contribution in [-0.4, -0.2) is 36.7 Å². The minimum atomic E-state index is -0.821. The number of nitrogens with zero attached hydrogens (tertiary/aromatic N) is 3. The Bertz CT molecular complexity index is 1650. The Balaban J connectivity index is 1.81. The van der Waals surface area contributed by atoms with Gasteiger partial charge in [0.2, 0.25) is 0 Å². The van der Waals surface area contributed by atoms with Gasteiger partial charge in [-0.05, 0) is 32.4 Å². The first-order valence-corrected chi connectivity index (χ1v) is 13.5. The minimum absolute atomic E-state index is 0.182. The summed E-state index contributed by atoms with van der Waals surface area (Å²) in [6.07, 6.45) is 1.79. The normalized spacial score (nSPS) is 17.7. The van der Waals surface area contributed by atoms with Crippen LogP contribution in [-0.2, 0) is 14.3 Å². The van der Waals surface area contributed by atoms with Crippen molar-refractivity contribution in [2.75, 3.05) is 25.2 Å². The second kappa shape index (κ2) is 10.4. The van der Waals surface area contributed by atoms with Crippen LogP contribution in [0.3, 0.4) is 0 Å². The molecule has 9 heteroatoms. The smallest absolute Gasteiger partial charge is 0.338 e. The molecular weight excluding hydrogens is 502 g/mol. The summed E-state index contributed by atoms with van der Waals surface area (Å²) >= 11 is 1.17. The lowest BCUT2D eigenvalue weighted by Crippen LogP contribution is -2.41. The van der Waals surface area contributed by atoms with Crippen molar-refractivity contribution in [3.63, 3.8) is 0 Å². The van der Waals surface area contributed by atoms with E-state index in [1.807, 2.05) is 42.5 Å². The molecule has 0 bridgehead atoms. The maximum absolute atomic E-state index is 14.2. The number of benzene rings is 2. The number of unbranched alkanes of at least 4 members (excludes halogenated alkanes) is 1. The standard InChI is InChI=1S/C29H29N3O5S/c1-5-7-16-31-20-14-10-8-12-18(20)23(26(31)33)25-27(34)32-24(19-13-9-11-15-21(19)36-4)22(28(35)37-6-2)17(3)30-29(32)38-25/h8-15,24H,5-7,16H2,1-4H3. The highest BCUT2D eigenvalue weighted by Gasteiger charge is 2.38. The number of carbonyl (C=O) groups is 2. The van der Waals surface area contributed by atoms with E-state index in [4.69, 9.17) is 9.47 Å². The van der Waals surface area contributed by atoms with Gasteiger partial charge in [-0.25, -0.2) is 9.79 Å². The van der Waals surface area contributed by atoms with E-state index in [1.165, 1.54) is 15.9 Å². The molecule has 1 amide bonds. The molecule has 0 aliphatic carbocycles. The number of ether oxygens (including phenoxy) is 2. The number of esters is 1. The van der Waals surface area contributed by atoms with Gasteiger partial charge in [0.15, 0.2) is 4.80 Å². The fourth-order valence-corrected chi connectivity index (χ4v) is 6.20. The number of para-hydroxylation sites is 2. The van der Waals surface area contributed by atoms with Crippen molar-refractivity contribution in [3.8, 4) is 5.75 Å². The number of hydrogen-bond donors (Lipinski definition) is 0. The Morgan fingerprint density at radius 1 is 1.08 bits per heavy atom. The molecule has 2 aliphatic heterocycles. The second-order valence-electron chi connectivity index (χ2n) is 9.07. The Hall–Kier alpha value is -3.98. The van der Waals surface area contributed by atoms with Crippen molar-refractivity contribution < 1.29 is 19.1 Å². The minimum Gasteiger partial charge on any atom is -0.496 e. The fraction of sp³-hybridized carbons (Fsp3) is 0.310. The number of rotatable bonds is 7. The third kappa shape index (κ3) is 4.07. The largest absolute Gasteiger partial charge is 0.496 e. The summed E-state index contributed by atoms with van der Waals surface area (Å²) in [5.74, 6) is -0.212. The molecule has 8 nitrogen and oxygen atoms in total. The summed E-state index contributed by atoms with van der Waals surface area (Å²) < 4.78 is 12.8. The summed E-state index contributed by atoms with van der Waals surface area (Å²) in [7, 11) is 1.55. The van der Waals surface area contributed by atoms with Crippen LogP contribution in [0.5, 0.6) is 5.75 Å². The van der Waals surface area contributed by atoms with Crippen molar-refractivity contribution in [1.29, 1.82) is 0 Å². The van der Waals surface area contributed by atoms with Crippen LogP contribution in [0.2, 0.25) is 0 Å². The molecule has 3 heterocycles. The van der Waals surface area contributed by atoms with Crippen LogP contribution in [0.1, 0.15) is 50.8 Å². The van der Waals surface area contributed by atoms with Gasteiger partial charge in [0.25, 0.3) is 11.5 Å². The summed E-state index contributed by atoms with van der Waals surface area (Å²) in [4.78, 5) is 47.9. The van der Waals surface area contributed by atoms with Crippen molar-refractivity contribution in [1.82, 2.24) is 4.57 Å².